The van der Waals surface area contributed by atoms with Crippen molar-refractivity contribution in [3.8, 4) is 0 Å². The number of carbonyl (C=O) groups is 1. The summed E-state index contributed by atoms with van der Waals surface area (Å²) in [5.41, 5.74) is 0.599. The van der Waals surface area contributed by atoms with Crippen molar-refractivity contribution >= 4 is 44.4 Å². The van der Waals surface area contributed by atoms with Crippen LogP contribution < -0.4 is 0 Å². The minimum absolute atomic E-state index is 0.162. The van der Waals surface area contributed by atoms with Crippen LogP contribution in [0.2, 0.25) is 0 Å². The molecule has 0 atom stereocenters. The van der Waals surface area contributed by atoms with Crippen molar-refractivity contribution in [2.75, 3.05) is 14.2 Å². The fourth-order valence-corrected chi connectivity index (χ4v) is 1.61. The van der Waals surface area contributed by atoms with E-state index in [1.165, 1.54) is 12.2 Å². The molecule has 0 saturated heterocycles. The molecule has 0 bridgehead atoms. The summed E-state index contributed by atoms with van der Waals surface area (Å²) in [7, 11) is 3.04. The second kappa shape index (κ2) is 5.09. The molecule has 0 aliphatic rings. The maximum atomic E-state index is 11.6. The lowest BCUT2D eigenvalue weighted by Crippen LogP contribution is -2.25. The van der Waals surface area contributed by atoms with Crippen molar-refractivity contribution < 1.29 is 9.63 Å². The molecular weight excluding hydrogens is 361 g/mol. The van der Waals surface area contributed by atoms with E-state index in [1.54, 1.807) is 19.2 Å². The Morgan fingerprint density at radius 3 is 2.71 bits per heavy atom. The molecule has 0 unspecified atom stereocenters. The van der Waals surface area contributed by atoms with Crippen LogP contribution in [0.1, 0.15) is 10.4 Å². The van der Waals surface area contributed by atoms with Gasteiger partial charge >= 0.3 is 0 Å². The highest BCUT2D eigenvalue weighted by Crippen LogP contribution is 2.20. The smallest absolute Gasteiger partial charge is 0.274 e. The molecule has 0 N–H and O–H groups in total. The average molecular weight is 370 g/mol. The number of benzene rings is 1. The van der Waals surface area contributed by atoms with Crippen molar-refractivity contribution in [3.05, 3.63) is 31.8 Å². The van der Waals surface area contributed by atoms with Gasteiger partial charge in [-0.25, -0.2) is 5.06 Å². The molecule has 1 rings (SSSR count). The monoisotopic (exact) mass is 369 g/mol. The van der Waals surface area contributed by atoms with Gasteiger partial charge in [0, 0.05) is 20.7 Å². The molecule has 1 amide bonds. The molecule has 76 valence electrons. The first-order chi connectivity index (χ1) is 6.56. The van der Waals surface area contributed by atoms with Gasteiger partial charge in [0.05, 0.1) is 7.11 Å². The lowest BCUT2D eigenvalue weighted by molar-refractivity contribution is -0.0757. The van der Waals surface area contributed by atoms with Crippen LogP contribution in [0.3, 0.4) is 0 Å². The summed E-state index contributed by atoms with van der Waals surface area (Å²) < 4.78 is 1.98. The predicted molar refractivity (Wildman–Crippen MR) is 66.0 cm³/mol. The molecule has 0 saturated carbocycles. The van der Waals surface area contributed by atoms with Gasteiger partial charge in [0.2, 0.25) is 0 Å². The largest absolute Gasteiger partial charge is 0.277 e. The Morgan fingerprint density at radius 2 is 2.21 bits per heavy atom. The lowest BCUT2D eigenvalue weighted by Gasteiger charge is -2.13. The van der Waals surface area contributed by atoms with Crippen LogP contribution in [-0.2, 0) is 4.84 Å². The standard InChI is InChI=1S/C9H9BrINO2/c1-12(14-2)9(13)6-3-4-8(11)7(10)5-6/h3-5H,1-2H3. The minimum atomic E-state index is -0.162. The highest BCUT2D eigenvalue weighted by atomic mass is 127. The van der Waals surface area contributed by atoms with Crippen LogP contribution >= 0.6 is 38.5 Å². The maximum Gasteiger partial charge on any atom is 0.277 e. The molecule has 0 fully saturated rings. The Labute approximate surface area is 105 Å². The molecule has 0 aromatic heterocycles. The Bertz CT molecular complexity index is 357. The van der Waals surface area contributed by atoms with E-state index in [9.17, 15) is 4.79 Å². The molecule has 0 aliphatic heterocycles. The quantitative estimate of drug-likeness (QED) is 0.592. The molecule has 0 radical (unpaired) electrons. The number of carbonyl (C=O) groups excluding carboxylic acids is 1. The van der Waals surface area contributed by atoms with Crippen molar-refractivity contribution in [2.24, 2.45) is 0 Å². The van der Waals surface area contributed by atoms with Crippen LogP contribution in [0, 0.1) is 3.57 Å². The highest BCUT2D eigenvalue weighted by molar-refractivity contribution is 14.1. The molecule has 3 nitrogen and oxygen atoms in total. The molecule has 1 aromatic carbocycles. The summed E-state index contributed by atoms with van der Waals surface area (Å²) in [4.78, 5) is 16.4. The topological polar surface area (TPSA) is 29.5 Å². The van der Waals surface area contributed by atoms with E-state index in [-0.39, 0.29) is 5.91 Å². The molecule has 1 aromatic rings. The Morgan fingerprint density at radius 1 is 1.57 bits per heavy atom. The second-order valence-corrected chi connectivity index (χ2v) is 4.63. The summed E-state index contributed by atoms with van der Waals surface area (Å²) >= 11 is 5.55. The molecule has 0 spiro atoms. The summed E-state index contributed by atoms with van der Waals surface area (Å²) in [5.74, 6) is -0.162. The van der Waals surface area contributed by atoms with E-state index in [0.29, 0.717) is 5.56 Å². The van der Waals surface area contributed by atoms with E-state index in [4.69, 9.17) is 4.84 Å². The summed E-state index contributed by atoms with van der Waals surface area (Å²) in [6.45, 7) is 0. The van der Waals surface area contributed by atoms with Gasteiger partial charge in [0.15, 0.2) is 0 Å². The van der Waals surface area contributed by atoms with Gasteiger partial charge in [-0.15, -0.1) is 0 Å². The first-order valence-corrected chi connectivity index (χ1v) is 5.70. The Hall–Kier alpha value is -0.140. The minimum Gasteiger partial charge on any atom is -0.274 e. The second-order valence-electron chi connectivity index (χ2n) is 2.61. The summed E-state index contributed by atoms with van der Waals surface area (Å²) in [5, 5.41) is 1.19. The summed E-state index contributed by atoms with van der Waals surface area (Å²) in [6, 6.07) is 5.42. The number of hydroxylamine groups is 2. The molecule has 0 aliphatic carbocycles. The van der Waals surface area contributed by atoms with E-state index in [2.05, 4.69) is 38.5 Å². The molecule has 14 heavy (non-hydrogen) atoms. The number of rotatable bonds is 2. The van der Waals surface area contributed by atoms with E-state index in [0.717, 1.165) is 8.04 Å². The van der Waals surface area contributed by atoms with Crippen LogP contribution in [0.25, 0.3) is 0 Å². The third kappa shape index (κ3) is 2.68. The van der Waals surface area contributed by atoms with Gasteiger partial charge in [-0.05, 0) is 56.7 Å². The van der Waals surface area contributed by atoms with E-state index < -0.39 is 0 Å². The van der Waals surface area contributed by atoms with Crippen LogP contribution in [0.4, 0.5) is 0 Å². The normalized spacial score (nSPS) is 10.0. The van der Waals surface area contributed by atoms with Crippen molar-refractivity contribution in [1.29, 1.82) is 0 Å². The summed E-state index contributed by atoms with van der Waals surface area (Å²) in [6.07, 6.45) is 0. The fourth-order valence-electron chi connectivity index (χ4n) is 0.894. The van der Waals surface area contributed by atoms with Crippen LogP contribution in [-0.4, -0.2) is 25.1 Å². The van der Waals surface area contributed by atoms with Gasteiger partial charge in [-0.1, -0.05) is 0 Å². The third-order valence-corrected chi connectivity index (χ3v) is 4.06. The lowest BCUT2D eigenvalue weighted by atomic mass is 10.2. The third-order valence-electron chi connectivity index (χ3n) is 1.73. The Balaban J connectivity index is 2.97. The van der Waals surface area contributed by atoms with Crippen molar-refractivity contribution in [2.45, 2.75) is 0 Å². The molecular formula is C9H9BrINO2. The highest BCUT2D eigenvalue weighted by Gasteiger charge is 2.11. The zero-order valence-corrected chi connectivity index (χ0v) is 11.5. The SMILES string of the molecule is CON(C)C(=O)c1ccc(I)c(Br)c1. The van der Waals surface area contributed by atoms with Gasteiger partial charge < -0.3 is 0 Å². The van der Waals surface area contributed by atoms with Gasteiger partial charge in [0.1, 0.15) is 0 Å². The van der Waals surface area contributed by atoms with Crippen LogP contribution in [0.5, 0.6) is 0 Å². The zero-order chi connectivity index (χ0) is 10.7. The number of hydrogen-bond donors (Lipinski definition) is 0. The van der Waals surface area contributed by atoms with Crippen molar-refractivity contribution in [1.82, 2.24) is 5.06 Å². The van der Waals surface area contributed by atoms with E-state index in [1.807, 2.05) is 6.07 Å². The Kier molecular flexibility index (Phi) is 4.33. The molecule has 0 heterocycles. The van der Waals surface area contributed by atoms with Gasteiger partial charge in [-0.3, -0.25) is 9.63 Å². The molecule has 5 heteroatoms. The maximum absolute atomic E-state index is 11.6. The number of hydrogen-bond acceptors (Lipinski definition) is 2. The average Bonchev–Trinajstić information content (AvgIpc) is 2.20. The number of nitrogens with zero attached hydrogens (tertiary/aromatic N) is 1. The zero-order valence-electron chi connectivity index (χ0n) is 7.75. The van der Waals surface area contributed by atoms with Crippen LogP contribution in [0.15, 0.2) is 22.7 Å². The van der Waals surface area contributed by atoms with Crippen molar-refractivity contribution in [3.63, 3.8) is 0 Å². The predicted octanol–water partition coefficient (Wildman–Crippen LogP) is 2.69. The van der Waals surface area contributed by atoms with Gasteiger partial charge in [0.25, 0.3) is 5.91 Å². The number of amides is 1. The first-order valence-electron chi connectivity index (χ1n) is 3.83. The fraction of sp³-hybridized carbons (Fsp3) is 0.222. The van der Waals surface area contributed by atoms with E-state index >= 15 is 0 Å². The number of halogens is 2. The van der Waals surface area contributed by atoms with Gasteiger partial charge in [-0.2, -0.15) is 0 Å². The first kappa shape index (κ1) is 11.9.